The molecule has 2 aromatic carbocycles. The smallest absolute Gasteiger partial charge is 0.291 e. The highest BCUT2D eigenvalue weighted by Gasteiger charge is 2.27. The molecule has 0 spiro atoms. The van der Waals surface area contributed by atoms with Crippen molar-refractivity contribution in [1.29, 1.82) is 0 Å². The van der Waals surface area contributed by atoms with Crippen LogP contribution >= 0.6 is 11.6 Å². The molecule has 8 nitrogen and oxygen atoms in total. The molecule has 40 heavy (non-hydrogen) atoms. The van der Waals surface area contributed by atoms with Crippen molar-refractivity contribution in [3.05, 3.63) is 75.0 Å². The number of fused-ring (bicyclic) bond motifs is 1. The maximum Gasteiger partial charge on any atom is 0.291 e. The third-order valence-electron chi connectivity index (χ3n) is 8.88. The van der Waals surface area contributed by atoms with Gasteiger partial charge in [-0.15, -0.1) is 0 Å². The minimum Gasteiger partial charge on any atom is -0.762 e. The van der Waals surface area contributed by atoms with Crippen molar-refractivity contribution in [3.8, 4) is 11.1 Å². The van der Waals surface area contributed by atoms with Gasteiger partial charge in [0.2, 0.25) is 0 Å². The van der Waals surface area contributed by atoms with E-state index in [1.165, 1.54) is 11.1 Å². The van der Waals surface area contributed by atoms with E-state index in [2.05, 4.69) is 36.2 Å². The van der Waals surface area contributed by atoms with Gasteiger partial charge in [-0.3, -0.25) is 14.9 Å². The zero-order chi connectivity index (χ0) is 28.4. The Morgan fingerprint density at radius 1 is 1.18 bits per heavy atom. The second-order valence-electron chi connectivity index (χ2n) is 11.2. The molecule has 1 saturated carbocycles. The molecule has 2 aliphatic rings. The topological polar surface area (TPSA) is 96.7 Å². The quantitative estimate of drug-likeness (QED) is 0.309. The van der Waals surface area contributed by atoms with Gasteiger partial charge < -0.3 is 20.3 Å². The molecule has 1 aliphatic heterocycles. The Kier molecular flexibility index (Phi) is 8.92. The van der Waals surface area contributed by atoms with Gasteiger partial charge in [-0.2, -0.15) is 0 Å². The maximum absolute atomic E-state index is 13.4. The Morgan fingerprint density at radius 2 is 1.90 bits per heavy atom. The fourth-order valence-corrected chi connectivity index (χ4v) is 6.64. The summed E-state index contributed by atoms with van der Waals surface area (Å²) in [5.41, 5.74) is 7.08. The van der Waals surface area contributed by atoms with Crippen LogP contribution in [0.2, 0.25) is 5.02 Å². The molecule has 9 heteroatoms. The average molecular weight is 565 g/mol. The highest BCUT2D eigenvalue weighted by atomic mass is 35.5. The molecule has 3 aromatic rings. The number of hydrogen-bond acceptors (Lipinski definition) is 6. The van der Waals surface area contributed by atoms with Gasteiger partial charge in [0.1, 0.15) is 0 Å². The predicted octanol–water partition coefficient (Wildman–Crippen LogP) is 6.36. The van der Waals surface area contributed by atoms with Crippen LogP contribution in [0.3, 0.4) is 0 Å². The second-order valence-corrected chi connectivity index (χ2v) is 11.6. The van der Waals surface area contributed by atoms with E-state index in [0.29, 0.717) is 22.5 Å². The third-order valence-corrected chi connectivity index (χ3v) is 9.29. The van der Waals surface area contributed by atoms with Crippen LogP contribution in [0.4, 0.5) is 5.69 Å². The summed E-state index contributed by atoms with van der Waals surface area (Å²) in [6, 6.07) is 11.7. The molecule has 1 amide bonds. The Bertz CT molecular complexity index is 1360. The van der Waals surface area contributed by atoms with E-state index in [1.54, 1.807) is 0 Å². The Hall–Kier alpha value is -2.75. The standard InChI is InChI=1S/C31H39ClN5O3/c1-4-22-7-5-8-24(20(22)2)25-9-6-10-26(29(25)32)34-31(38)30-33-27-19-36(18-16-28(27)35(30)3)17-15-21-11-13-23(14-12-21)37(39)40/h5-10,21,23,39H,4,11-19H2,1-3H3,(H,34,38)/q-1. The van der Waals surface area contributed by atoms with E-state index in [0.717, 1.165) is 87.1 Å². The van der Waals surface area contributed by atoms with Gasteiger partial charge in [0.05, 0.1) is 16.4 Å². The summed E-state index contributed by atoms with van der Waals surface area (Å²) >= 11 is 6.85. The number of nitrogens with zero attached hydrogens (tertiary/aromatic N) is 4. The number of hydroxylamine groups is 2. The van der Waals surface area contributed by atoms with Crippen LogP contribution in [0.5, 0.6) is 0 Å². The number of hydrogen-bond donors (Lipinski definition) is 2. The van der Waals surface area contributed by atoms with Crippen LogP contribution in [0.1, 0.15) is 72.2 Å². The van der Waals surface area contributed by atoms with Crippen molar-refractivity contribution in [2.45, 2.75) is 71.4 Å². The van der Waals surface area contributed by atoms with Crippen molar-refractivity contribution in [2.24, 2.45) is 13.0 Å². The summed E-state index contributed by atoms with van der Waals surface area (Å²) in [7, 11) is 1.91. The summed E-state index contributed by atoms with van der Waals surface area (Å²) in [6.45, 7) is 6.87. The summed E-state index contributed by atoms with van der Waals surface area (Å²) < 4.78 is 1.92. The van der Waals surface area contributed by atoms with Crippen molar-refractivity contribution in [2.75, 3.05) is 18.4 Å². The number of aryl methyl sites for hydroxylation is 1. The number of anilines is 1. The fourth-order valence-electron chi connectivity index (χ4n) is 6.37. The van der Waals surface area contributed by atoms with Crippen LogP contribution < -0.4 is 5.32 Å². The van der Waals surface area contributed by atoms with E-state index >= 15 is 0 Å². The number of imidazole rings is 1. The minimum absolute atomic E-state index is 0.133. The van der Waals surface area contributed by atoms with Crippen LogP contribution in [-0.2, 0) is 26.4 Å². The first kappa shape index (κ1) is 28.8. The van der Waals surface area contributed by atoms with E-state index in [-0.39, 0.29) is 17.2 Å². The molecule has 2 heterocycles. The molecule has 1 aromatic heterocycles. The second kappa shape index (κ2) is 12.4. The first-order chi connectivity index (χ1) is 19.3. The van der Waals surface area contributed by atoms with Gasteiger partial charge in [-0.1, -0.05) is 48.9 Å². The molecule has 5 rings (SSSR count). The highest BCUT2D eigenvalue weighted by molar-refractivity contribution is 6.36. The number of aromatic nitrogens is 2. The lowest BCUT2D eigenvalue weighted by Gasteiger charge is -2.37. The van der Waals surface area contributed by atoms with Gasteiger partial charge in [0.25, 0.3) is 5.91 Å². The Morgan fingerprint density at radius 3 is 2.62 bits per heavy atom. The lowest BCUT2D eigenvalue weighted by molar-refractivity contribution is -0.0920. The number of rotatable bonds is 8. The zero-order valence-electron chi connectivity index (χ0n) is 23.6. The maximum atomic E-state index is 13.4. The number of benzene rings is 2. The molecule has 0 atom stereocenters. The van der Waals surface area contributed by atoms with Crippen molar-refractivity contribution in [3.63, 3.8) is 0 Å². The summed E-state index contributed by atoms with van der Waals surface area (Å²) in [4.78, 5) is 20.6. The van der Waals surface area contributed by atoms with E-state index in [1.807, 2.05) is 35.9 Å². The monoisotopic (exact) mass is 564 g/mol. The number of carbonyl (C=O) groups is 1. The fraction of sp³-hybridized carbons (Fsp3) is 0.484. The molecule has 1 aliphatic carbocycles. The lowest BCUT2D eigenvalue weighted by atomic mass is 9.84. The molecular formula is C31H39ClN5O3-. The first-order valence-electron chi connectivity index (χ1n) is 14.4. The molecule has 1 fully saturated rings. The third kappa shape index (κ3) is 5.97. The van der Waals surface area contributed by atoms with Gasteiger partial charge >= 0.3 is 0 Å². The van der Waals surface area contributed by atoms with Crippen molar-refractivity contribution in [1.82, 2.24) is 19.7 Å². The number of amides is 1. The Labute approximate surface area is 241 Å². The first-order valence-corrected chi connectivity index (χ1v) is 14.7. The van der Waals surface area contributed by atoms with Crippen molar-refractivity contribution >= 4 is 23.2 Å². The SMILES string of the molecule is CCc1cccc(-c2cccc(NC(=O)c3nc4c(n3C)CCN(CCC3CCC(N([O-])O)CC3)C4)c2Cl)c1C. The highest BCUT2D eigenvalue weighted by Crippen LogP contribution is 2.37. The number of nitrogens with one attached hydrogen (secondary N) is 1. The van der Waals surface area contributed by atoms with Crippen molar-refractivity contribution < 1.29 is 10.0 Å². The normalized spacial score (nSPS) is 19.6. The van der Waals surface area contributed by atoms with Crippen LogP contribution in [-0.4, -0.2) is 49.9 Å². The van der Waals surface area contributed by atoms with Crippen LogP contribution in [0, 0.1) is 18.0 Å². The van der Waals surface area contributed by atoms with Gasteiger partial charge in [0, 0.05) is 43.9 Å². The zero-order valence-corrected chi connectivity index (χ0v) is 24.4. The van der Waals surface area contributed by atoms with E-state index < -0.39 is 0 Å². The molecule has 0 unspecified atom stereocenters. The Balaban J connectivity index is 1.24. The molecule has 0 saturated heterocycles. The summed E-state index contributed by atoms with van der Waals surface area (Å²) in [5, 5.41) is 24.0. The molecule has 214 valence electrons. The van der Waals surface area contributed by atoms with Crippen LogP contribution in [0.25, 0.3) is 11.1 Å². The van der Waals surface area contributed by atoms with Gasteiger partial charge in [0.15, 0.2) is 5.82 Å². The molecule has 0 radical (unpaired) electrons. The average Bonchev–Trinajstić information content (AvgIpc) is 3.29. The molecule has 2 N–H and O–H groups in total. The minimum atomic E-state index is -0.269. The number of halogens is 1. The van der Waals surface area contributed by atoms with Gasteiger partial charge in [-0.05, 0) is 80.7 Å². The predicted molar refractivity (Wildman–Crippen MR) is 159 cm³/mol. The summed E-state index contributed by atoms with van der Waals surface area (Å²) in [6.07, 6.45) is 6.33. The summed E-state index contributed by atoms with van der Waals surface area (Å²) in [5.74, 6) is 0.702. The largest absolute Gasteiger partial charge is 0.762 e. The molecule has 0 bridgehead atoms. The van der Waals surface area contributed by atoms with Gasteiger partial charge in [-0.25, -0.2) is 4.98 Å². The lowest BCUT2D eigenvalue weighted by Crippen LogP contribution is -2.35. The van der Waals surface area contributed by atoms with E-state index in [4.69, 9.17) is 21.8 Å². The number of carbonyl (C=O) groups excluding carboxylic acids is 1. The molecular weight excluding hydrogens is 526 g/mol. The van der Waals surface area contributed by atoms with Crippen LogP contribution in [0.15, 0.2) is 36.4 Å². The van der Waals surface area contributed by atoms with E-state index in [9.17, 15) is 10.0 Å².